The predicted octanol–water partition coefficient (Wildman–Crippen LogP) is 3.38. The van der Waals surface area contributed by atoms with Crippen LogP contribution in [-0.2, 0) is 23.9 Å². The summed E-state index contributed by atoms with van der Waals surface area (Å²) in [5, 5.41) is 0. The molecule has 0 aromatic heterocycles. The molecule has 1 heterocycles. The van der Waals surface area contributed by atoms with Gasteiger partial charge < -0.3 is 19.1 Å². The predicted molar refractivity (Wildman–Crippen MR) is 129 cm³/mol. The van der Waals surface area contributed by atoms with Crippen molar-refractivity contribution in [2.24, 2.45) is 23.2 Å². The Morgan fingerprint density at radius 1 is 1.03 bits per heavy atom. The number of anilines is 1. The monoisotopic (exact) mass is 484 g/mol. The van der Waals surface area contributed by atoms with E-state index in [0.29, 0.717) is 35.8 Å². The molecule has 1 unspecified atom stereocenters. The smallest absolute Gasteiger partial charge is 0.257 e. The van der Waals surface area contributed by atoms with Gasteiger partial charge in [0.15, 0.2) is 6.29 Å². The topological polar surface area (TPSA) is 85.4 Å². The average Bonchev–Trinajstić information content (AvgIpc) is 3.13. The second-order valence-corrected chi connectivity index (χ2v) is 10.8. The Hall–Kier alpha value is -2.45. The lowest BCUT2D eigenvalue weighted by atomic mass is 9.49. The average molecular weight is 485 g/mol. The molecule has 3 amide bonds. The van der Waals surface area contributed by atoms with E-state index in [2.05, 4.69) is 0 Å². The largest absolute Gasteiger partial charge is 0.494 e. The molecule has 1 saturated heterocycles. The fourth-order valence-electron chi connectivity index (χ4n) is 7.42. The second kappa shape index (κ2) is 9.54. The van der Waals surface area contributed by atoms with Crippen LogP contribution in [0.4, 0.5) is 5.69 Å². The van der Waals surface area contributed by atoms with Gasteiger partial charge in [0.1, 0.15) is 11.8 Å². The van der Waals surface area contributed by atoms with E-state index < -0.39 is 17.7 Å². The molecule has 5 aliphatic rings. The normalized spacial score (nSPS) is 31.5. The number of methoxy groups -OCH3 is 2. The van der Waals surface area contributed by atoms with Crippen LogP contribution in [0.5, 0.6) is 5.75 Å². The zero-order valence-electron chi connectivity index (χ0n) is 20.9. The molecule has 1 aromatic carbocycles. The van der Waals surface area contributed by atoms with Gasteiger partial charge in [-0.1, -0.05) is 0 Å². The van der Waals surface area contributed by atoms with Crippen LogP contribution in [0.1, 0.15) is 51.9 Å². The highest BCUT2D eigenvalue weighted by molar-refractivity contribution is 6.23. The Kier molecular flexibility index (Phi) is 6.61. The SMILES string of the molecule is CCOc1ccc(N2C(=O)CC(N(CC(OC)OC)C(=O)C34CC5CC(CC(C5)C3)C4)C2=O)cc1. The van der Waals surface area contributed by atoms with Crippen molar-refractivity contribution in [3.8, 4) is 5.75 Å². The van der Waals surface area contributed by atoms with Gasteiger partial charge in [-0.15, -0.1) is 0 Å². The first-order valence-corrected chi connectivity index (χ1v) is 12.8. The summed E-state index contributed by atoms with van der Waals surface area (Å²) in [5.41, 5.74) is 0.0552. The van der Waals surface area contributed by atoms with Gasteiger partial charge in [-0.3, -0.25) is 14.4 Å². The van der Waals surface area contributed by atoms with Crippen LogP contribution in [-0.4, -0.2) is 62.3 Å². The number of carbonyl (C=O) groups excluding carboxylic acids is 3. The van der Waals surface area contributed by atoms with Crippen LogP contribution in [0, 0.1) is 23.2 Å². The van der Waals surface area contributed by atoms with Crippen molar-refractivity contribution in [1.82, 2.24) is 4.90 Å². The number of nitrogens with zero attached hydrogens (tertiary/aromatic N) is 2. The molecule has 5 fully saturated rings. The molecule has 4 aliphatic carbocycles. The van der Waals surface area contributed by atoms with Gasteiger partial charge >= 0.3 is 0 Å². The number of hydrogen-bond acceptors (Lipinski definition) is 6. The van der Waals surface area contributed by atoms with Gasteiger partial charge in [0, 0.05) is 14.2 Å². The van der Waals surface area contributed by atoms with E-state index in [1.54, 1.807) is 29.2 Å². The third kappa shape index (κ3) is 4.35. The van der Waals surface area contributed by atoms with Crippen molar-refractivity contribution < 1.29 is 28.6 Å². The fraction of sp³-hybridized carbons (Fsp3) is 0.667. The van der Waals surface area contributed by atoms with E-state index in [-0.39, 0.29) is 30.7 Å². The van der Waals surface area contributed by atoms with Gasteiger partial charge in [-0.25, -0.2) is 4.90 Å². The van der Waals surface area contributed by atoms with E-state index in [9.17, 15) is 14.4 Å². The molecule has 4 bridgehead atoms. The molecule has 1 atom stereocenters. The molecule has 0 radical (unpaired) electrons. The highest BCUT2D eigenvalue weighted by Crippen LogP contribution is 2.60. The summed E-state index contributed by atoms with van der Waals surface area (Å²) < 4.78 is 16.3. The first-order chi connectivity index (χ1) is 16.9. The Morgan fingerprint density at radius 3 is 2.11 bits per heavy atom. The van der Waals surface area contributed by atoms with E-state index >= 15 is 0 Å². The summed E-state index contributed by atoms with van der Waals surface area (Å²) in [6.45, 7) is 2.55. The molecular weight excluding hydrogens is 448 g/mol. The molecular formula is C27H36N2O6. The maximum Gasteiger partial charge on any atom is 0.257 e. The Balaban J connectivity index is 1.42. The number of rotatable bonds is 9. The van der Waals surface area contributed by atoms with E-state index in [1.807, 2.05) is 6.92 Å². The van der Waals surface area contributed by atoms with Gasteiger partial charge in [-0.2, -0.15) is 0 Å². The molecule has 190 valence electrons. The van der Waals surface area contributed by atoms with Crippen molar-refractivity contribution in [2.75, 3.05) is 32.3 Å². The zero-order chi connectivity index (χ0) is 24.7. The third-order valence-corrected chi connectivity index (χ3v) is 8.53. The number of benzene rings is 1. The summed E-state index contributed by atoms with van der Waals surface area (Å²) in [4.78, 5) is 43.8. The van der Waals surface area contributed by atoms with Crippen LogP contribution in [0.3, 0.4) is 0 Å². The Morgan fingerprint density at radius 2 is 1.60 bits per heavy atom. The molecule has 1 aromatic rings. The lowest BCUT2D eigenvalue weighted by Crippen LogP contribution is -2.59. The highest BCUT2D eigenvalue weighted by atomic mass is 16.7. The number of ether oxygens (including phenoxy) is 3. The minimum atomic E-state index is -0.859. The summed E-state index contributed by atoms with van der Waals surface area (Å²) in [6, 6.07) is 6.05. The molecule has 0 N–H and O–H groups in total. The lowest BCUT2D eigenvalue weighted by Gasteiger charge is -2.57. The van der Waals surface area contributed by atoms with E-state index in [0.717, 1.165) is 19.3 Å². The van der Waals surface area contributed by atoms with Crippen LogP contribution in [0.2, 0.25) is 0 Å². The minimum absolute atomic E-state index is 0.00427. The highest BCUT2D eigenvalue weighted by Gasteiger charge is 2.57. The molecule has 0 spiro atoms. The van der Waals surface area contributed by atoms with Gasteiger partial charge in [0.2, 0.25) is 11.8 Å². The van der Waals surface area contributed by atoms with Crippen molar-refractivity contribution >= 4 is 23.4 Å². The summed E-state index contributed by atoms with van der Waals surface area (Å²) >= 11 is 0. The van der Waals surface area contributed by atoms with Crippen LogP contribution < -0.4 is 9.64 Å². The van der Waals surface area contributed by atoms with E-state index in [1.165, 1.54) is 38.4 Å². The summed E-state index contributed by atoms with van der Waals surface area (Å²) in [6.07, 6.45) is 5.61. The van der Waals surface area contributed by atoms with E-state index in [4.69, 9.17) is 14.2 Å². The standard InChI is InChI=1S/C27H36N2O6/c1-4-35-21-7-5-20(6-8-21)29-23(30)12-22(25(29)31)28(16-24(33-2)34-3)26(32)27-13-17-9-18(14-27)11-19(10-17)15-27/h5-8,17-19,22,24H,4,9-16H2,1-3H3. The fourth-order valence-corrected chi connectivity index (χ4v) is 7.42. The first-order valence-electron chi connectivity index (χ1n) is 12.8. The molecule has 35 heavy (non-hydrogen) atoms. The second-order valence-electron chi connectivity index (χ2n) is 10.8. The first kappa shape index (κ1) is 24.3. The minimum Gasteiger partial charge on any atom is -0.494 e. The summed E-state index contributed by atoms with van der Waals surface area (Å²) in [7, 11) is 3.05. The Labute approximate surface area is 206 Å². The zero-order valence-corrected chi connectivity index (χ0v) is 20.9. The lowest BCUT2D eigenvalue weighted by molar-refractivity contribution is -0.172. The van der Waals surface area contributed by atoms with Crippen molar-refractivity contribution in [3.63, 3.8) is 0 Å². The maximum absolute atomic E-state index is 14.3. The van der Waals surface area contributed by atoms with Gasteiger partial charge in [0.25, 0.3) is 5.91 Å². The third-order valence-electron chi connectivity index (χ3n) is 8.53. The number of hydrogen-bond donors (Lipinski definition) is 0. The number of amides is 3. The Bertz CT molecular complexity index is 937. The van der Waals surface area contributed by atoms with Crippen LogP contribution in [0.15, 0.2) is 24.3 Å². The van der Waals surface area contributed by atoms with Crippen LogP contribution >= 0.6 is 0 Å². The molecule has 6 rings (SSSR count). The van der Waals surface area contributed by atoms with Crippen molar-refractivity contribution in [2.45, 2.75) is 64.2 Å². The quantitative estimate of drug-likeness (QED) is 0.395. The summed E-state index contributed by atoms with van der Waals surface area (Å²) in [5.74, 6) is 1.77. The number of imide groups is 1. The van der Waals surface area contributed by atoms with Gasteiger partial charge in [0.05, 0.1) is 30.7 Å². The molecule has 1 aliphatic heterocycles. The number of carbonyl (C=O) groups is 3. The molecule has 8 heteroatoms. The van der Waals surface area contributed by atoms with Gasteiger partial charge in [-0.05, 0) is 87.5 Å². The maximum atomic E-state index is 14.3. The van der Waals surface area contributed by atoms with Crippen molar-refractivity contribution in [1.29, 1.82) is 0 Å². The van der Waals surface area contributed by atoms with Crippen molar-refractivity contribution in [3.05, 3.63) is 24.3 Å². The molecule has 4 saturated carbocycles. The molecule has 8 nitrogen and oxygen atoms in total. The van der Waals surface area contributed by atoms with Crippen LogP contribution in [0.25, 0.3) is 0 Å².